The standard InChI is InChI=1S/C26H25N3O5S/c1-3-18-6-10-22(11-7-18)29(17(2)30)26-27-21(16-35-26)15-34-25(33)20-8-4-19(5-9-20)14-28-23(31)12-13-24(28)32/h4-11,16H,3,12-15H2,1-2H3. The molecule has 0 bridgehead atoms. The monoisotopic (exact) mass is 491 g/mol. The minimum atomic E-state index is -0.516. The highest BCUT2D eigenvalue weighted by atomic mass is 32.1. The Morgan fingerprint density at radius 2 is 1.63 bits per heavy atom. The molecule has 0 unspecified atom stereocenters. The average molecular weight is 492 g/mol. The van der Waals surface area contributed by atoms with E-state index in [2.05, 4.69) is 11.9 Å². The molecule has 0 N–H and O–H groups in total. The number of esters is 1. The molecule has 1 aromatic heterocycles. The zero-order valence-electron chi connectivity index (χ0n) is 19.5. The maximum absolute atomic E-state index is 12.5. The molecule has 0 spiro atoms. The molecular weight excluding hydrogens is 466 g/mol. The van der Waals surface area contributed by atoms with Gasteiger partial charge >= 0.3 is 5.97 Å². The first-order valence-electron chi connectivity index (χ1n) is 11.3. The molecule has 1 fully saturated rings. The van der Waals surface area contributed by atoms with Crippen LogP contribution in [0.5, 0.6) is 0 Å². The minimum Gasteiger partial charge on any atom is -0.456 e. The van der Waals surface area contributed by atoms with Crippen molar-refractivity contribution >= 4 is 45.8 Å². The molecule has 0 aliphatic carbocycles. The Hall–Kier alpha value is -3.85. The quantitative estimate of drug-likeness (QED) is 0.342. The summed E-state index contributed by atoms with van der Waals surface area (Å²) in [5.41, 5.74) is 3.55. The number of thiazole rings is 1. The van der Waals surface area contributed by atoms with E-state index in [9.17, 15) is 19.2 Å². The first-order chi connectivity index (χ1) is 16.9. The Labute approximate surface area is 207 Å². The second kappa shape index (κ2) is 10.6. The second-order valence-electron chi connectivity index (χ2n) is 8.14. The largest absolute Gasteiger partial charge is 0.456 e. The Morgan fingerprint density at radius 3 is 2.23 bits per heavy atom. The molecule has 0 saturated carbocycles. The number of carbonyl (C=O) groups is 4. The number of hydrogen-bond donors (Lipinski definition) is 0. The van der Waals surface area contributed by atoms with Gasteiger partial charge in [-0.15, -0.1) is 11.3 Å². The molecule has 1 saturated heterocycles. The number of likely N-dealkylation sites (tertiary alicyclic amines) is 1. The van der Waals surface area contributed by atoms with Crippen LogP contribution in [0.2, 0.25) is 0 Å². The normalized spacial score (nSPS) is 13.3. The maximum Gasteiger partial charge on any atom is 0.338 e. The highest BCUT2D eigenvalue weighted by molar-refractivity contribution is 7.14. The van der Waals surface area contributed by atoms with Crippen LogP contribution in [0.4, 0.5) is 10.8 Å². The third-order valence-corrected chi connectivity index (χ3v) is 6.56. The third kappa shape index (κ3) is 5.63. The van der Waals surface area contributed by atoms with Crippen LogP contribution in [-0.4, -0.2) is 33.6 Å². The summed E-state index contributed by atoms with van der Waals surface area (Å²) in [5.74, 6) is -1.03. The van der Waals surface area contributed by atoms with E-state index >= 15 is 0 Å². The SMILES string of the molecule is CCc1ccc(N(C(C)=O)c2nc(COC(=O)c3ccc(CN4C(=O)CCC4=O)cc3)cs2)cc1. The highest BCUT2D eigenvalue weighted by Gasteiger charge is 2.28. The number of amides is 3. The molecule has 180 valence electrons. The van der Waals surface area contributed by atoms with E-state index in [1.807, 2.05) is 24.3 Å². The van der Waals surface area contributed by atoms with Crippen molar-refractivity contribution in [1.29, 1.82) is 0 Å². The lowest BCUT2D eigenvalue weighted by molar-refractivity contribution is -0.139. The summed E-state index contributed by atoms with van der Waals surface area (Å²) in [5, 5.41) is 2.26. The summed E-state index contributed by atoms with van der Waals surface area (Å²) in [6.45, 7) is 3.71. The van der Waals surface area contributed by atoms with Gasteiger partial charge in [-0.25, -0.2) is 9.78 Å². The fourth-order valence-corrected chi connectivity index (χ4v) is 4.60. The molecular formula is C26H25N3O5S. The van der Waals surface area contributed by atoms with Crippen molar-refractivity contribution in [1.82, 2.24) is 9.88 Å². The smallest absolute Gasteiger partial charge is 0.338 e. The second-order valence-corrected chi connectivity index (χ2v) is 8.98. The van der Waals surface area contributed by atoms with Crippen LogP contribution >= 0.6 is 11.3 Å². The molecule has 1 aliphatic rings. The van der Waals surface area contributed by atoms with Crippen molar-refractivity contribution in [3.8, 4) is 0 Å². The van der Waals surface area contributed by atoms with Gasteiger partial charge in [0.25, 0.3) is 0 Å². The van der Waals surface area contributed by atoms with Crippen LogP contribution < -0.4 is 4.90 Å². The van der Waals surface area contributed by atoms with E-state index in [4.69, 9.17) is 4.74 Å². The van der Waals surface area contributed by atoms with E-state index in [-0.39, 0.29) is 43.7 Å². The molecule has 2 aromatic carbocycles. The van der Waals surface area contributed by atoms with Crippen molar-refractivity contribution in [2.45, 2.75) is 46.3 Å². The number of carbonyl (C=O) groups excluding carboxylic acids is 4. The van der Waals surface area contributed by atoms with Crippen molar-refractivity contribution in [2.75, 3.05) is 4.90 Å². The molecule has 2 heterocycles. The fourth-order valence-electron chi connectivity index (χ4n) is 3.72. The molecule has 4 rings (SSSR count). The van der Waals surface area contributed by atoms with E-state index in [0.29, 0.717) is 16.4 Å². The molecule has 35 heavy (non-hydrogen) atoms. The predicted molar refractivity (Wildman–Crippen MR) is 131 cm³/mol. The molecule has 3 amide bonds. The Morgan fingerprint density at radius 1 is 1.00 bits per heavy atom. The zero-order chi connectivity index (χ0) is 24.9. The van der Waals surface area contributed by atoms with Crippen LogP contribution in [0, 0.1) is 0 Å². The summed E-state index contributed by atoms with van der Waals surface area (Å²) < 4.78 is 5.39. The van der Waals surface area contributed by atoms with Gasteiger partial charge < -0.3 is 4.74 Å². The van der Waals surface area contributed by atoms with Gasteiger partial charge in [-0.1, -0.05) is 31.2 Å². The summed E-state index contributed by atoms with van der Waals surface area (Å²) in [7, 11) is 0. The van der Waals surface area contributed by atoms with Crippen LogP contribution in [0.3, 0.4) is 0 Å². The Balaban J connectivity index is 1.37. The first kappa shape index (κ1) is 24.3. The fraction of sp³-hybridized carbons (Fsp3) is 0.269. The summed E-state index contributed by atoms with van der Waals surface area (Å²) in [6.07, 6.45) is 1.40. The van der Waals surface area contributed by atoms with Gasteiger partial charge in [-0.2, -0.15) is 0 Å². The Kier molecular flexibility index (Phi) is 7.36. The van der Waals surface area contributed by atoms with Gasteiger partial charge in [0.2, 0.25) is 17.7 Å². The molecule has 9 heteroatoms. The van der Waals surface area contributed by atoms with Gasteiger partial charge in [0, 0.05) is 25.1 Å². The van der Waals surface area contributed by atoms with E-state index < -0.39 is 5.97 Å². The van der Waals surface area contributed by atoms with Gasteiger partial charge in [-0.3, -0.25) is 24.2 Å². The van der Waals surface area contributed by atoms with E-state index in [1.165, 1.54) is 33.6 Å². The number of hydrogen-bond acceptors (Lipinski definition) is 7. The highest BCUT2D eigenvalue weighted by Crippen LogP contribution is 2.29. The van der Waals surface area contributed by atoms with Crippen LogP contribution in [0.15, 0.2) is 53.9 Å². The van der Waals surface area contributed by atoms with Crippen LogP contribution in [-0.2, 0) is 38.7 Å². The van der Waals surface area contributed by atoms with Crippen LogP contribution in [0.1, 0.15) is 53.9 Å². The van der Waals surface area contributed by atoms with Gasteiger partial charge in [0.05, 0.1) is 23.5 Å². The Bertz CT molecular complexity index is 1230. The molecule has 0 atom stereocenters. The average Bonchev–Trinajstić information content (AvgIpc) is 3.45. The molecule has 8 nitrogen and oxygen atoms in total. The van der Waals surface area contributed by atoms with Gasteiger partial charge in [-0.05, 0) is 41.8 Å². The predicted octanol–water partition coefficient (Wildman–Crippen LogP) is 4.40. The summed E-state index contributed by atoms with van der Waals surface area (Å²) >= 11 is 1.30. The molecule has 0 radical (unpaired) electrons. The molecule has 1 aliphatic heterocycles. The van der Waals surface area contributed by atoms with Gasteiger partial charge in [0.1, 0.15) is 6.61 Å². The number of ether oxygens (including phenoxy) is 1. The lowest BCUT2D eigenvalue weighted by Crippen LogP contribution is -2.28. The number of anilines is 2. The minimum absolute atomic E-state index is 0.0333. The summed E-state index contributed by atoms with van der Waals surface area (Å²) in [4.78, 5) is 55.6. The molecule has 3 aromatic rings. The number of aryl methyl sites for hydroxylation is 1. The first-order valence-corrected chi connectivity index (χ1v) is 12.2. The lowest BCUT2D eigenvalue weighted by Gasteiger charge is -2.18. The van der Waals surface area contributed by atoms with Crippen molar-refractivity contribution < 1.29 is 23.9 Å². The van der Waals surface area contributed by atoms with Crippen molar-refractivity contribution in [3.05, 3.63) is 76.3 Å². The number of imide groups is 1. The van der Waals surface area contributed by atoms with Crippen molar-refractivity contribution in [2.24, 2.45) is 0 Å². The maximum atomic E-state index is 12.5. The zero-order valence-corrected chi connectivity index (χ0v) is 20.3. The third-order valence-electron chi connectivity index (χ3n) is 5.68. The van der Waals surface area contributed by atoms with Crippen LogP contribution in [0.25, 0.3) is 0 Å². The van der Waals surface area contributed by atoms with Crippen molar-refractivity contribution in [3.63, 3.8) is 0 Å². The number of benzene rings is 2. The van der Waals surface area contributed by atoms with E-state index in [1.54, 1.807) is 29.6 Å². The van der Waals surface area contributed by atoms with E-state index in [0.717, 1.165) is 17.7 Å². The number of rotatable bonds is 8. The number of aromatic nitrogens is 1. The summed E-state index contributed by atoms with van der Waals surface area (Å²) in [6, 6.07) is 14.3. The number of nitrogens with zero attached hydrogens (tertiary/aromatic N) is 3. The van der Waals surface area contributed by atoms with Gasteiger partial charge in [0.15, 0.2) is 5.13 Å². The lowest BCUT2D eigenvalue weighted by atomic mass is 10.1. The topological polar surface area (TPSA) is 96.9 Å².